The van der Waals surface area contributed by atoms with Crippen LogP contribution in [0, 0.1) is 0 Å². The maximum absolute atomic E-state index is 2.46. The zero-order chi connectivity index (χ0) is 41.3. The molecule has 8 aromatic rings. The van der Waals surface area contributed by atoms with Gasteiger partial charge in [0.05, 0.1) is 0 Å². The average molecular weight is 776 g/mol. The summed E-state index contributed by atoms with van der Waals surface area (Å²) in [6.45, 7) is 11.5. The van der Waals surface area contributed by atoms with Gasteiger partial charge in [-0.2, -0.15) is 0 Å². The van der Waals surface area contributed by atoms with E-state index >= 15 is 0 Å². The van der Waals surface area contributed by atoms with Crippen molar-refractivity contribution in [2.24, 2.45) is 0 Å². The first-order valence-corrected chi connectivity index (χ1v) is 21.5. The number of benzene rings is 8. The highest BCUT2D eigenvalue weighted by atomic mass is 15.1. The molecule has 1 nitrogen and oxygen atoms in total. The minimum absolute atomic E-state index is 0.0634. The molecule has 1 aliphatic rings. The van der Waals surface area contributed by atoms with E-state index < -0.39 is 0 Å². The van der Waals surface area contributed by atoms with Gasteiger partial charge in [0.2, 0.25) is 0 Å². The Balaban J connectivity index is 1.02. The van der Waals surface area contributed by atoms with E-state index in [2.05, 4.69) is 246 Å². The predicted molar refractivity (Wildman–Crippen MR) is 258 cm³/mol. The topological polar surface area (TPSA) is 3.24 Å². The highest BCUT2D eigenvalue weighted by Gasteiger charge is 2.41. The van der Waals surface area contributed by atoms with Gasteiger partial charge < -0.3 is 4.90 Å². The Morgan fingerprint density at radius 1 is 0.400 bits per heavy atom. The fourth-order valence-electron chi connectivity index (χ4n) is 9.32. The fraction of sp³-hybridized carbons (Fsp3) is 0.153. The summed E-state index contributed by atoms with van der Waals surface area (Å²) in [5.74, 6) is 0. The molecule has 0 atom stereocenters. The second-order valence-corrected chi connectivity index (χ2v) is 17.2. The highest BCUT2D eigenvalue weighted by Crippen LogP contribution is 2.54. The minimum atomic E-state index is -0.0634. The largest absolute Gasteiger partial charge is 0.310 e. The molecular formula is C59H53N. The summed E-state index contributed by atoms with van der Waals surface area (Å²) < 4.78 is 0. The van der Waals surface area contributed by atoms with Crippen LogP contribution in [0.25, 0.3) is 56.7 Å². The van der Waals surface area contributed by atoms with Gasteiger partial charge in [0, 0.05) is 22.5 Å². The molecule has 0 aliphatic heterocycles. The summed E-state index contributed by atoms with van der Waals surface area (Å²) >= 11 is 0. The standard InChI is InChI=1S/C59H53N/c1-6-59(7-2)56-39-43(27-36-53(56)54-38-35-51(41-57(54)59)60(49-19-13-9-14-20-49)50-21-15-10-16-22-50)24-23-42-25-28-45(29-26-42)52-37-32-47(44-17-11-8-12-18-44)40-55(52)46-30-33-48(34-31-46)58(3,4)5/h8-41H,6-7H2,1-5H3/b24-23+. The van der Waals surface area contributed by atoms with Crippen molar-refractivity contribution >= 4 is 29.2 Å². The van der Waals surface area contributed by atoms with E-state index in [0.29, 0.717) is 0 Å². The van der Waals surface area contributed by atoms with Gasteiger partial charge in [-0.15, -0.1) is 0 Å². The first-order valence-electron chi connectivity index (χ1n) is 21.5. The Morgan fingerprint density at radius 2 is 0.883 bits per heavy atom. The predicted octanol–water partition coefficient (Wildman–Crippen LogP) is 16.7. The quantitative estimate of drug-likeness (QED) is 0.125. The van der Waals surface area contributed by atoms with Gasteiger partial charge in [0.25, 0.3) is 0 Å². The van der Waals surface area contributed by atoms with Crippen molar-refractivity contribution in [1.82, 2.24) is 0 Å². The van der Waals surface area contributed by atoms with Crippen molar-refractivity contribution in [2.45, 2.75) is 58.3 Å². The molecule has 0 heterocycles. The second kappa shape index (κ2) is 16.2. The van der Waals surface area contributed by atoms with Crippen LogP contribution in [0.2, 0.25) is 0 Å². The summed E-state index contributed by atoms with van der Waals surface area (Å²) in [4.78, 5) is 2.38. The maximum atomic E-state index is 2.46. The van der Waals surface area contributed by atoms with E-state index in [1.54, 1.807) is 0 Å². The van der Waals surface area contributed by atoms with Gasteiger partial charge in [-0.1, -0.05) is 198 Å². The number of fused-ring (bicyclic) bond motifs is 3. The van der Waals surface area contributed by atoms with Gasteiger partial charge in [-0.25, -0.2) is 0 Å². The van der Waals surface area contributed by atoms with Crippen molar-refractivity contribution in [3.05, 3.63) is 222 Å². The zero-order valence-corrected chi connectivity index (χ0v) is 35.5. The van der Waals surface area contributed by atoms with E-state index in [-0.39, 0.29) is 10.8 Å². The van der Waals surface area contributed by atoms with E-state index in [9.17, 15) is 0 Å². The molecule has 0 saturated carbocycles. The van der Waals surface area contributed by atoms with Gasteiger partial charge >= 0.3 is 0 Å². The third-order valence-corrected chi connectivity index (χ3v) is 12.7. The molecule has 1 aliphatic carbocycles. The Labute approximate surface area is 357 Å². The normalized spacial score (nSPS) is 12.9. The maximum Gasteiger partial charge on any atom is 0.0465 e. The average Bonchev–Trinajstić information content (AvgIpc) is 3.57. The van der Waals surface area contributed by atoms with Crippen LogP contribution in [0.4, 0.5) is 17.1 Å². The number of anilines is 3. The molecule has 1 heteroatoms. The Bertz CT molecular complexity index is 2730. The molecule has 0 aromatic heterocycles. The van der Waals surface area contributed by atoms with Crippen molar-refractivity contribution < 1.29 is 0 Å². The summed E-state index contributed by atoms with van der Waals surface area (Å²) in [6, 6.07) is 71.4. The summed E-state index contributed by atoms with van der Waals surface area (Å²) in [5.41, 5.74) is 20.2. The van der Waals surface area contributed by atoms with Crippen LogP contribution >= 0.6 is 0 Å². The van der Waals surface area contributed by atoms with Crippen LogP contribution in [-0.4, -0.2) is 0 Å². The van der Waals surface area contributed by atoms with E-state index in [0.717, 1.165) is 24.2 Å². The van der Waals surface area contributed by atoms with E-state index in [1.807, 2.05) is 0 Å². The van der Waals surface area contributed by atoms with Crippen LogP contribution in [0.15, 0.2) is 194 Å². The lowest BCUT2D eigenvalue weighted by molar-refractivity contribution is 0.490. The minimum Gasteiger partial charge on any atom is -0.310 e. The number of rotatable bonds is 10. The molecule has 0 amide bonds. The summed E-state index contributed by atoms with van der Waals surface area (Å²) in [7, 11) is 0. The van der Waals surface area contributed by atoms with Gasteiger partial charge in [-0.05, 0) is 133 Å². The van der Waals surface area contributed by atoms with Crippen LogP contribution < -0.4 is 4.90 Å². The van der Waals surface area contributed by atoms with Crippen molar-refractivity contribution in [2.75, 3.05) is 4.90 Å². The molecule has 0 N–H and O–H groups in total. The van der Waals surface area contributed by atoms with Crippen molar-refractivity contribution in [1.29, 1.82) is 0 Å². The fourth-order valence-corrected chi connectivity index (χ4v) is 9.32. The van der Waals surface area contributed by atoms with Gasteiger partial charge in [-0.3, -0.25) is 0 Å². The monoisotopic (exact) mass is 775 g/mol. The first kappa shape index (κ1) is 38.8. The van der Waals surface area contributed by atoms with Crippen molar-refractivity contribution in [3.63, 3.8) is 0 Å². The Morgan fingerprint density at radius 3 is 1.48 bits per heavy atom. The molecule has 0 fully saturated rings. The molecule has 0 unspecified atom stereocenters. The Hall–Kier alpha value is -6.70. The first-order chi connectivity index (χ1) is 29.3. The van der Waals surface area contributed by atoms with Crippen LogP contribution in [-0.2, 0) is 10.8 Å². The van der Waals surface area contributed by atoms with Gasteiger partial charge in [0.1, 0.15) is 0 Å². The molecule has 0 spiro atoms. The lowest BCUT2D eigenvalue weighted by Crippen LogP contribution is -2.23. The van der Waals surface area contributed by atoms with Crippen LogP contribution in [0.3, 0.4) is 0 Å². The molecule has 294 valence electrons. The number of hydrogen-bond donors (Lipinski definition) is 0. The Kier molecular flexibility index (Phi) is 10.4. The zero-order valence-electron chi connectivity index (χ0n) is 35.5. The number of para-hydroxylation sites is 2. The van der Waals surface area contributed by atoms with E-state index in [4.69, 9.17) is 0 Å². The molecule has 9 rings (SSSR count). The molecule has 0 radical (unpaired) electrons. The summed E-state index contributed by atoms with van der Waals surface area (Å²) in [6.07, 6.45) is 6.61. The molecule has 8 aromatic carbocycles. The summed E-state index contributed by atoms with van der Waals surface area (Å²) in [5, 5.41) is 0. The number of hydrogen-bond acceptors (Lipinski definition) is 1. The number of nitrogens with zero attached hydrogens (tertiary/aromatic N) is 1. The SMILES string of the molecule is CCC1(CC)c2cc(/C=C/c3ccc(-c4ccc(-c5ccccc5)cc4-c4ccc(C(C)(C)C)cc4)cc3)ccc2-c2ccc(N(c3ccccc3)c3ccccc3)cc21. The molecule has 0 bridgehead atoms. The lowest BCUT2D eigenvalue weighted by atomic mass is 9.73. The third-order valence-electron chi connectivity index (χ3n) is 12.7. The molecular weight excluding hydrogens is 723 g/mol. The smallest absolute Gasteiger partial charge is 0.0465 e. The highest BCUT2D eigenvalue weighted by molar-refractivity contribution is 5.89. The third kappa shape index (κ3) is 7.30. The molecule has 0 saturated heterocycles. The van der Waals surface area contributed by atoms with Crippen LogP contribution in [0.1, 0.15) is 75.3 Å². The second-order valence-electron chi connectivity index (χ2n) is 17.2. The lowest BCUT2D eigenvalue weighted by Gasteiger charge is -2.32. The van der Waals surface area contributed by atoms with E-state index in [1.165, 1.54) is 78.0 Å². The van der Waals surface area contributed by atoms with Crippen LogP contribution in [0.5, 0.6) is 0 Å². The molecule has 60 heavy (non-hydrogen) atoms. The van der Waals surface area contributed by atoms with Gasteiger partial charge in [0.15, 0.2) is 0 Å². The van der Waals surface area contributed by atoms with Crippen molar-refractivity contribution in [3.8, 4) is 44.5 Å².